The summed E-state index contributed by atoms with van der Waals surface area (Å²) in [6, 6.07) is 2.09. The zero-order chi connectivity index (χ0) is 15.2. The van der Waals surface area contributed by atoms with Gasteiger partial charge in [-0.05, 0) is 18.7 Å². The molecule has 0 aliphatic carbocycles. The molecule has 1 rings (SSSR count). The smallest absolute Gasteiger partial charge is 0.241 e. The third-order valence-corrected chi connectivity index (χ3v) is 6.35. The molecule has 0 bridgehead atoms. The maximum Gasteiger partial charge on any atom is 0.241 e. The van der Waals surface area contributed by atoms with Gasteiger partial charge >= 0.3 is 0 Å². The Morgan fingerprint density at radius 1 is 1.35 bits per heavy atom. The Morgan fingerprint density at radius 2 is 2.05 bits per heavy atom. The zero-order valence-electron chi connectivity index (χ0n) is 12.5. The van der Waals surface area contributed by atoms with E-state index in [1.54, 1.807) is 23.2 Å². The van der Waals surface area contributed by atoms with E-state index < -0.39 is 10.0 Å². The molecule has 0 aliphatic rings. The van der Waals surface area contributed by atoms with Gasteiger partial charge in [-0.1, -0.05) is 20.8 Å². The second-order valence-corrected chi connectivity index (χ2v) is 8.99. The lowest BCUT2D eigenvalue weighted by Crippen LogP contribution is -2.34. The van der Waals surface area contributed by atoms with Crippen molar-refractivity contribution in [3.8, 4) is 0 Å². The van der Waals surface area contributed by atoms with Gasteiger partial charge in [-0.25, -0.2) is 13.1 Å². The van der Waals surface area contributed by atoms with Gasteiger partial charge in [0.05, 0.1) is 4.90 Å². The van der Waals surface area contributed by atoms with Crippen molar-refractivity contribution in [2.75, 3.05) is 11.5 Å². The molecule has 1 atom stereocenters. The van der Waals surface area contributed by atoms with Crippen LogP contribution in [0.3, 0.4) is 0 Å². The fourth-order valence-electron chi connectivity index (χ4n) is 1.56. The Bertz CT molecular complexity index is 497. The van der Waals surface area contributed by atoms with Crippen molar-refractivity contribution in [1.29, 1.82) is 0 Å². The monoisotopic (exact) mass is 336 g/mol. The number of thiophene rings is 1. The molecule has 20 heavy (non-hydrogen) atoms. The Labute approximate surface area is 130 Å². The summed E-state index contributed by atoms with van der Waals surface area (Å²) < 4.78 is 27.2. The van der Waals surface area contributed by atoms with E-state index in [2.05, 4.69) is 30.8 Å². The lowest BCUT2D eigenvalue weighted by Gasteiger charge is -2.12. The Kier molecular flexibility index (Phi) is 7.53. The highest BCUT2D eigenvalue weighted by Crippen LogP contribution is 2.19. The molecule has 0 aromatic carbocycles. The van der Waals surface area contributed by atoms with E-state index >= 15 is 0 Å². The minimum Gasteiger partial charge on any atom is -0.310 e. The lowest BCUT2D eigenvalue weighted by atomic mass is 10.4. The highest BCUT2D eigenvalue weighted by molar-refractivity contribution is 7.99. The summed E-state index contributed by atoms with van der Waals surface area (Å²) in [4.78, 5) is 1.41. The van der Waals surface area contributed by atoms with E-state index in [0.717, 1.165) is 16.4 Å². The van der Waals surface area contributed by atoms with Gasteiger partial charge in [0, 0.05) is 34.6 Å². The second-order valence-electron chi connectivity index (χ2n) is 4.97. The van der Waals surface area contributed by atoms with E-state index in [0.29, 0.717) is 17.5 Å². The summed E-state index contributed by atoms with van der Waals surface area (Å²) in [5.74, 6) is 1.79. The molecular weight excluding hydrogens is 312 g/mol. The number of hydrogen-bond donors (Lipinski definition) is 2. The van der Waals surface area contributed by atoms with E-state index in [9.17, 15) is 8.42 Å². The number of hydrogen-bond acceptors (Lipinski definition) is 5. The van der Waals surface area contributed by atoms with Crippen LogP contribution in [-0.2, 0) is 16.6 Å². The Balaban J connectivity index is 2.63. The highest BCUT2D eigenvalue weighted by atomic mass is 32.2. The first-order chi connectivity index (χ1) is 9.35. The van der Waals surface area contributed by atoms with Crippen molar-refractivity contribution in [3.05, 3.63) is 16.3 Å². The van der Waals surface area contributed by atoms with Gasteiger partial charge in [-0.2, -0.15) is 11.8 Å². The molecule has 2 N–H and O–H groups in total. The molecule has 1 aromatic rings. The Hall–Kier alpha value is -0.0800. The first-order valence-corrected chi connectivity index (χ1v) is 10.3. The fourth-order valence-corrected chi connectivity index (χ4v) is 4.81. The minimum atomic E-state index is -3.39. The van der Waals surface area contributed by atoms with Crippen LogP contribution in [0.15, 0.2) is 16.3 Å². The molecular formula is C13H24N2O2S3. The van der Waals surface area contributed by atoms with Crippen molar-refractivity contribution in [1.82, 2.24) is 10.0 Å². The molecule has 0 aliphatic heterocycles. The molecule has 1 unspecified atom stereocenters. The topological polar surface area (TPSA) is 58.2 Å². The molecule has 7 heteroatoms. The largest absolute Gasteiger partial charge is 0.310 e. The third kappa shape index (κ3) is 6.13. The quantitative estimate of drug-likeness (QED) is 0.728. The van der Waals surface area contributed by atoms with E-state index in [4.69, 9.17) is 0 Å². The molecule has 4 nitrogen and oxygen atoms in total. The molecule has 0 radical (unpaired) electrons. The predicted molar refractivity (Wildman–Crippen MR) is 89.1 cm³/mol. The fraction of sp³-hybridized carbons (Fsp3) is 0.692. The van der Waals surface area contributed by atoms with Crippen LogP contribution in [0.4, 0.5) is 0 Å². The average Bonchev–Trinajstić information content (AvgIpc) is 2.83. The molecule has 0 saturated carbocycles. The summed E-state index contributed by atoms with van der Waals surface area (Å²) in [5, 5.41) is 4.99. The second kappa shape index (κ2) is 8.38. The maximum atomic E-state index is 12.2. The van der Waals surface area contributed by atoms with E-state index in [1.807, 2.05) is 6.92 Å². The van der Waals surface area contributed by atoms with Crippen molar-refractivity contribution in [2.45, 2.75) is 51.2 Å². The molecule has 1 aromatic heterocycles. The summed E-state index contributed by atoms with van der Waals surface area (Å²) in [7, 11) is -3.39. The van der Waals surface area contributed by atoms with Crippen LogP contribution in [0, 0.1) is 0 Å². The highest BCUT2D eigenvalue weighted by Gasteiger charge is 2.18. The predicted octanol–water partition coefficient (Wildman–Crippen LogP) is 2.67. The third-order valence-electron chi connectivity index (χ3n) is 2.55. The first-order valence-electron chi connectivity index (χ1n) is 6.76. The number of nitrogens with one attached hydrogen (secondary N) is 2. The summed E-state index contributed by atoms with van der Waals surface area (Å²) in [5.41, 5.74) is 0. The number of rotatable bonds is 9. The number of thioether (sulfide) groups is 1. The van der Waals surface area contributed by atoms with Crippen LogP contribution in [0.5, 0.6) is 0 Å². The van der Waals surface area contributed by atoms with Gasteiger partial charge < -0.3 is 5.32 Å². The van der Waals surface area contributed by atoms with Crippen LogP contribution in [0.1, 0.15) is 32.6 Å². The SMILES string of the molecule is CCSCC(C)NS(=O)(=O)c1csc(CNC(C)C)c1. The van der Waals surface area contributed by atoms with Crippen molar-refractivity contribution < 1.29 is 8.42 Å². The van der Waals surface area contributed by atoms with Crippen LogP contribution >= 0.6 is 23.1 Å². The molecule has 0 saturated heterocycles. The first kappa shape index (κ1) is 18.0. The van der Waals surface area contributed by atoms with Crippen molar-refractivity contribution in [2.24, 2.45) is 0 Å². The molecule has 0 fully saturated rings. The van der Waals surface area contributed by atoms with Gasteiger partial charge in [0.2, 0.25) is 10.0 Å². The van der Waals surface area contributed by atoms with Crippen LogP contribution in [-0.4, -0.2) is 32.0 Å². The standard InChI is InChI=1S/C13H24N2O2S3/c1-5-18-8-11(4)15-20(16,17)13-6-12(19-9-13)7-14-10(2)3/h6,9-11,14-15H,5,7-8H2,1-4H3. The lowest BCUT2D eigenvalue weighted by molar-refractivity contribution is 0.571. The normalized spacial score (nSPS) is 13.8. The van der Waals surface area contributed by atoms with Crippen molar-refractivity contribution >= 4 is 33.1 Å². The van der Waals surface area contributed by atoms with E-state index in [1.165, 1.54) is 11.3 Å². The van der Waals surface area contributed by atoms with Crippen molar-refractivity contribution in [3.63, 3.8) is 0 Å². The summed E-state index contributed by atoms with van der Waals surface area (Å²) in [6.45, 7) is 8.81. The van der Waals surface area contributed by atoms with Gasteiger partial charge in [0.1, 0.15) is 0 Å². The maximum absolute atomic E-state index is 12.2. The van der Waals surface area contributed by atoms with Gasteiger partial charge in [-0.3, -0.25) is 0 Å². The summed E-state index contributed by atoms with van der Waals surface area (Å²) in [6.07, 6.45) is 0. The Morgan fingerprint density at radius 3 is 2.65 bits per heavy atom. The van der Waals surface area contributed by atoms with Gasteiger partial charge in [-0.15, -0.1) is 11.3 Å². The molecule has 116 valence electrons. The van der Waals surface area contributed by atoms with E-state index in [-0.39, 0.29) is 6.04 Å². The minimum absolute atomic E-state index is 0.0536. The molecule has 0 spiro atoms. The average molecular weight is 337 g/mol. The number of sulfonamides is 1. The van der Waals surface area contributed by atoms with Crippen LogP contribution < -0.4 is 10.0 Å². The zero-order valence-corrected chi connectivity index (χ0v) is 14.9. The van der Waals surface area contributed by atoms with Gasteiger partial charge in [0.15, 0.2) is 0 Å². The van der Waals surface area contributed by atoms with Crippen LogP contribution in [0.25, 0.3) is 0 Å². The molecule has 1 heterocycles. The summed E-state index contributed by atoms with van der Waals surface area (Å²) >= 11 is 3.21. The van der Waals surface area contributed by atoms with Gasteiger partial charge in [0.25, 0.3) is 0 Å². The van der Waals surface area contributed by atoms with Crippen LogP contribution in [0.2, 0.25) is 0 Å². The molecule has 0 amide bonds.